The van der Waals surface area contributed by atoms with Gasteiger partial charge in [-0.15, -0.1) is 0 Å². The van der Waals surface area contributed by atoms with Gasteiger partial charge in [-0.1, -0.05) is 6.07 Å². The fourth-order valence-corrected chi connectivity index (χ4v) is 2.24. The number of carbonyl (C=O) groups is 1. The van der Waals surface area contributed by atoms with Gasteiger partial charge in [0.05, 0.1) is 5.69 Å². The van der Waals surface area contributed by atoms with E-state index in [1.165, 1.54) is 6.07 Å². The normalized spacial score (nSPS) is 12.2. The summed E-state index contributed by atoms with van der Waals surface area (Å²) in [5.74, 6) is -1.89. The maximum Gasteiger partial charge on any atom is 0.220 e. The lowest BCUT2D eigenvalue weighted by Gasteiger charge is -2.12. The molecule has 0 fully saturated rings. The minimum atomic E-state index is -0.889. The van der Waals surface area contributed by atoms with Crippen LogP contribution >= 0.6 is 0 Å². The van der Waals surface area contributed by atoms with E-state index < -0.39 is 11.6 Å². The Kier molecular flexibility index (Phi) is 5.25. The van der Waals surface area contributed by atoms with Crippen molar-refractivity contribution in [3.63, 3.8) is 0 Å². The van der Waals surface area contributed by atoms with Crippen LogP contribution in [0.3, 0.4) is 0 Å². The molecule has 0 radical (unpaired) electrons. The first-order chi connectivity index (χ1) is 10.4. The summed E-state index contributed by atoms with van der Waals surface area (Å²) in [5.41, 5.74) is 2.47. The zero-order valence-corrected chi connectivity index (χ0v) is 12.6. The van der Waals surface area contributed by atoms with Crippen LogP contribution in [0, 0.1) is 18.6 Å². The molecule has 0 saturated heterocycles. The summed E-state index contributed by atoms with van der Waals surface area (Å²) < 4.78 is 25.9. The molecule has 2 rings (SSSR count). The molecule has 6 heteroatoms. The molecule has 1 aromatic carbocycles. The van der Waals surface area contributed by atoms with Crippen LogP contribution in [0.2, 0.25) is 0 Å². The topological polar surface area (TPSA) is 57.8 Å². The Morgan fingerprint density at radius 2 is 2.09 bits per heavy atom. The third-order valence-corrected chi connectivity index (χ3v) is 3.31. The molecule has 4 nitrogen and oxygen atoms in total. The van der Waals surface area contributed by atoms with Crippen LogP contribution in [0.25, 0.3) is 0 Å². The number of benzene rings is 1. The number of H-pyrrole nitrogens is 1. The lowest BCUT2D eigenvalue weighted by Crippen LogP contribution is -2.34. The van der Waals surface area contributed by atoms with Gasteiger partial charge >= 0.3 is 0 Å². The van der Waals surface area contributed by atoms with E-state index in [0.717, 1.165) is 23.5 Å². The molecule has 118 valence electrons. The Morgan fingerprint density at radius 3 is 2.73 bits per heavy atom. The van der Waals surface area contributed by atoms with Gasteiger partial charge in [0.25, 0.3) is 0 Å². The minimum absolute atomic E-state index is 0.0415. The maximum absolute atomic E-state index is 13.1. The molecule has 0 bridgehead atoms. The molecular weight excluding hydrogens is 288 g/mol. The van der Waals surface area contributed by atoms with Crippen molar-refractivity contribution in [3.05, 3.63) is 52.9 Å². The highest BCUT2D eigenvalue weighted by molar-refractivity contribution is 5.76. The van der Waals surface area contributed by atoms with E-state index in [9.17, 15) is 13.6 Å². The van der Waals surface area contributed by atoms with Crippen molar-refractivity contribution in [1.29, 1.82) is 0 Å². The van der Waals surface area contributed by atoms with Crippen LogP contribution in [-0.4, -0.2) is 22.1 Å². The summed E-state index contributed by atoms with van der Waals surface area (Å²) in [6.07, 6.45) is 1.24. The summed E-state index contributed by atoms with van der Waals surface area (Å²) in [7, 11) is 0. The van der Waals surface area contributed by atoms with Crippen LogP contribution in [0.1, 0.15) is 30.3 Å². The van der Waals surface area contributed by atoms with E-state index in [1.807, 2.05) is 19.9 Å². The lowest BCUT2D eigenvalue weighted by atomic mass is 10.1. The number of aromatic amines is 1. The van der Waals surface area contributed by atoms with Crippen LogP contribution in [0.15, 0.2) is 24.3 Å². The molecule has 2 aromatic rings. The number of aryl methyl sites for hydroxylation is 2. The quantitative estimate of drug-likeness (QED) is 0.862. The van der Waals surface area contributed by atoms with E-state index in [2.05, 4.69) is 15.5 Å². The monoisotopic (exact) mass is 307 g/mol. The number of hydrogen-bond donors (Lipinski definition) is 2. The predicted molar refractivity (Wildman–Crippen MR) is 79.3 cm³/mol. The molecule has 22 heavy (non-hydrogen) atoms. The highest BCUT2D eigenvalue weighted by Crippen LogP contribution is 2.10. The van der Waals surface area contributed by atoms with Crippen LogP contribution < -0.4 is 5.32 Å². The molecule has 1 atom stereocenters. The first kappa shape index (κ1) is 16.1. The largest absolute Gasteiger partial charge is 0.353 e. The van der Waals surface area contributed by atoms with E-state index in [4.69, 9.17) is 0 Å². The smallest absolute Gasteiger partial charge is 0.220 e. The van der Waals surface area contributed by atoms with E-state index in [1.54, 1.807) is 0 Å². The van der Waals surface area contributed by atoms with Gasteiger partial charge < -0.3 is 5.32 Å². The second kappa shape index (κ2) is 7.15. The van der Waals surface area contributed by atoms with Crippen LogP contribution in [0.4, 0.5) is 8.78 Å². The van der Waals surface area contributed by atoms with Gasteiger partial charge in [-0.05, 0) is 44.0 Å². The predicted octanol–water partition coefficient (Wildman–Crippen LogP) is 2.68. The number of carbonyl (C=O) groups excluding carboxylic acids is 1. The Labute approximate surface area is 127 Å². The highest BCUT2D eigenvalue weighted by atomic mass is 19.2. The molecule has 1 heterocycles. The van der Waals surface area contributed by atoms with Gasteiger partial charge in [0.2, 0.25) is 5.91 Å². The summed E-state index contributed by atoms with van der Waals surface area (Å²) in [6, 6.07) is 5.58. The number of rotatable bonds is 6. The minimum Gasteiger partial charge on any atom is -0.353 e. The molecule has 0 aliphatic rings. The van der Waals surface area contributed by atoms with Gasteiger partial charge in [0.15, 0.2) is 11.6 Å². The van der Waals surface area contributed by atoms with Gasteiger partial charge in [-0.2, -0.15) is 5.10 Å². The number of aromatic nitrogens is 2. The Balaban J connectivity index is 1.78. The van der Waals surface area contributed by atoms with Crippen molar-refractivity contribution in [2.75, 3.05) is 0 Å². The summed E-state index contributed by atoms with van der Waals surface area (Å²) >= 11 is 0. The zero-order chi connectivity index (χ0) is 16.1. The van der Waals surface area contributed by atoms with Crippen molar-refractivity contribution in [2.24, 2.45) is 0 Å². The third kappa shape index (κ3) is 4.65. The number of nitrogens with one attached hydrogen (secondary N) is 2. The summed E-state index contributed by atoms with van der Waals surface area (Å²) in [4.78, 5) is 11.9. The van der Waals surface area contributed by atoms with Crippen LogP contribution in [-0.2, 0) is 17.6 Å². The first-order valence-electron chi connectivity index (χ1n) is 7.18. The van der Waals surface area contributed by atoms with Crippen molar-refractivity contribution >= 4 is 5.91 Å². The van der Waals surface area contributed by atoms with Gasteiger partial charge in [-0.25, -0.2) is 8.78 Å². The molecule has 1 amide bonds. The summed E-state index contributed by atoms with van der Waals surface area (Å²) in [6.45, 7) is 3.82. The summed E-state index contributed by atoms with van der Waals surface area (Å²) in [5, 5.41) is 9.85. The molecule has 0 unspecified atom stereocenters. The van der Waals surface area contributed by atoms with Gasteiger partial charge in [-0.3, -0.25) is 9.89 Å². The van der Waals surface area contributed by atoms with Crippen molar-refractivity contribution < 1.29 is 13.6 Å². The molecule has 0 aliphatic heterocycles. The second-order valence-corrected chi connectivity index (χ2v) is 5.46. The van der Waals surface area contributed by atoms with Crippen molar-refractivity contribution in [1.82, 2.24) is 15.5 Å². The van der Waals surface area contributed by atoms with E-state index in [-0.39, 0.29) is 18.4 Å². The molecular formula is C16H19F2N3O. The first-order valence-corrected chi connectivity index (χ1v) is 7.18. The second-order valence-electron chi connectivity index (χ2n) is 5.46. The number of nitrogens with zero attached hydrogens (tertiary/aromatic N) is 1. The average Bonchev–Trinajstić information content (AvgIpc) is 2.85. The SMILES string of the molecule is Cc1cc(C[C@H](C)NC(=O)CCc2ccc(F)c(F)c2)n[nH]1. The van der Waals surface area contributed by atoms with E-state index >= 15 is 0 Å². The molecule has 2 N–H and O–H groups in total. The number of halogens is 2. The Bertz CT molecular complexity index is 655. The van der Waals surface area contributed by atoms with Crippen LogP contribution in [0.5, 0.6) is 0 Å². The molecule has 0 aliphatic carbocycles. The Hall–Kier alpha value is -2.24. The fourth-order valence-electron chi connectivity index (χ4n) is 2.24. The number of hydrogen-bond acceptors (Lipinski definition) is 2. The highest BCUT2D eigenvalue weighted by Gasteiger charge is 2.11. The fraction of sp³-hybridized carbons (Fsp3) is 0.375. The molecule has 1 aromatic heterocycles. The van der Waals surface area contributed by atoms with E-state index in [0.29, 0.717) is 18.4 Å². The van der Waals surface area contributed by atoms with Gasteiger partial charge in [0.1, 0.15) is 0 Å². The number of amides is 1. The molecule has 0 saturated carbocycles. The Morgan fingerprint density at radius 1 is 1.32 bits per heavy atom. The lowest BCUT2D eigenvalue weighted by molar-refractivity contribution is -0.121. The molecule has 0 spiro atoms. The van der Waals surface area contributed by atoms with Gasteiger partial charge in [0, 0.05) is 24.6 Å². The maximum atomic E-state index is 13.1. The zero-order valence-electron chi connectivity index (χ0n) is 12.6. The van der Waals surface area contributed by atoms with Crippen molar-refractivity contribution in [2.45, 2.75) is 39.2 Å². The third-order valence-electron chi connectivity index (χ3n) is 3.31. The average molecular weight is 307 g/mol. The standard InChI is InChI=1S/C16H19F2N3O/c1-10(7-13-8-11(2)20-21-13)19-16(22)6-4-12-3-5-14(17)15(18)9-12/h3,5,8-10H,4,6-7H2,1-2H3,(H,19,22)(H,20,21)/t10-/m0/s1. The van der Waals surface area contributed by atoms with Crippen molar-refractivity contribution in [3.8, 4) is 0 Å².